The highest BCUT2D eigenvalue weighted by molar-refractivity contribution is 6.00. The molecule has 0 unspecified atom stereocenters. The van der Waals surface area contributed by atoms with Crippen LogP contribution in [0.2, 0.25) is 0 Å². The summed E-state index contributed by atoms with van der Waals surface area (Å²) in [5, 5.41) is 21.2. The Morgan fingerprint density at radius 2 is 1.78 bits per heavy atom. The molecule has 4 bridgehead atoms. The number of hydrogen-bond acceptors (Lipinski definition) is 7. The largest absolute Gasteiger partial charge is 0.507 e. The van der Waals surface area contributed by atoms with Crippen molar-refractivity contribution < 1.29 is 29.0 Å². The first-order valence-electron chi connectivity index (χ1n) is 13.3. The van der Waals surface area contributed by atoms with Gasteiger partial charge in [0.25, 0.3) is 5.91 Å². The summed E-state index contributed by atoms with van der Waals surface area (Å²) in [7, 11) is 1.81. The summed E-state index contributed by atoms with van der Waals surface area (Å²) in [5.41, 5.74) is 0.683. The van der Waals surface area contributed by atoms with Gasteiger partial charge in [-0.2, -0.15) is 0 Å². The van der Waals surface area contributed by atoms with Crippen molar-refractivity contribution in [2.24, 2.45) is 13.0 Å². The van der Waals surface area contributed by atoms with Crippen molar-refractivity contribution in [3.05, 3.63) is 71.8 Å². The maximum Gasteiger partial charge on any atom is 0.255 e. The van der Waals surface area contributed by atoms with Gasteiger partial charge in [-0.05, 0) is 48.7 Å². The van der Waals surface area contributed by atoms with Crippen LogP contribution in [0.1, 0.15) is 42.5 Å². The van der Waals surface area contributed by atoms with Gasteiger partial charge >= 0.3 is 0 Å². The topological polar surface area (TPSA) is 164 Å². The van der Waals surface area contributed by atoms with Gasteiger partial charge in [0.1, 0.15) is 41.2 Å². The Morgan fingerprint density at radius 1 is 1.07 bits per heavy atom. The molecule has 2 aliphatic heterocycles. The lowest BCUT2D eigenvalue weighted by Crippen LogP contribution is -2.57. The maximum absolute atomic E-state index is 13.2. The van der Waals surface area contributed by atoms with Crippen LogP contribution in [0.15, 0.2) is 54.9 Å². The lowest BCUT2D eigenvalue weighted by atomic mass is 10.0. The minimum Gasteiger partial charge on any atom is -0.507 e. The fourth-order valence-corrected chi connectivity index (χ4v) is 4.31. The van der Waals surface area contributed by atoms with Gasteiger partial charge in [0.05, 0.1) is 12.1 Å². The number of carbonyl (C=O) groups excluding carboxylic acids is 4. The number of aryl methyl sites for hydroxylation is 1. The molecule has 2 aliphatic rings. The van der Waals surface area contributed by atoms with E-state index in [1.54, 1.807) is 55.1 Å². The smallest absolute Gasteiger partial charge is 0.255 e. The van der Waals surface area contributed by atoms with Crippen molar-refractivity contribution in [2.45, 2.75) is 51.9 Å². The third-order valence-corrected chi connectivity index (χ3v) is 6.77. The summed E-state index contributed by atoms with van der Waals surface area (Å²) < 4.78 is 7.66. The number of carbonyl (C=O) groups is 4. The van der Waals surface area contributed by atoms with Crippen molar-refractivity contribution in [1.82, 2.24) is 30.8 Å². The van der Waals surface area contributed by atoms with E-state index in [4.69, 9.17) is 4.74 Å². The number of hydrogen-bond donors (Lipinski definition) is 5. The number of rotatable bonds is 4. The van der Waals surface area contributed by atoms with Gasteiger partial charge in [0, 0.05) is 25.9 Å². The van der Waals surface area contributed by atoms with Crippen molar-refractivity contribution in [3.63, 3.8) is 0 Å². The van der Waals surface area contributed by atoms with Gasteiger partial charge in [-0.3, -0.25) is 19.2 Å². The van der Waals surface area contributed by atoms with Crippen molar-refractivity contribution in [3.8, 4) is 17.2 Å². The van der Waals surface area contributed by atoms with E-state index in [0.717, 1.165) is 5.56 Å². The summed E-state index contributed by atoms with van der Waals surface area (Å²) >= 11 is 0. The second-order valence-corrected chi connectivity index (χ2v) is 10.3. The molecule has 216 valence electrons. The van der Waals surface area contributed by atoms with E-state index >= 15 is 0 Å². The van der Waals surface area contributed by atoms with Gasteiger partial charge in [-0.1, -0.05) is 26.0 Å². The second kappa shape index (κ2) is 12.5. The van der Waals surface area contributed by atoms with Crippen molar-refractivity contribution >= 4 is 23.6 Å². The van der Waals surface area contributed by atoms with E-state index in [2.05, 4.69) is 26.3 Å². The number of amides is 4. The third kappa shape index (κ3) is 7.21. The maximum atomic E-state index is 13.2. The fourth-order valence-electron chi connectivity index (χ4n) is 4.31. The van der Waals surface area contributed by atoms with E-state index < -0.39 is 41.8 Å². The van der Waals surface area contributed by atoms with Crippen LogP contribution in [0.5, 0.6) is 17.2 Å². The average Bonchev–Trinajstić information content (AvgIpc) is 3.35. The standard InChI is InChI=1S/C29H34N6O6/c1-16(2)25-29(40)32-17(3)26(37)33-22(28(39)31-15-24-30-11-12-35(24)4)13-18-5-7-19(8-6-18)41-20-9-10-23(36)21(14-20)27(38)34-25/h5-12,14,16-17,22,25,36H,13,15H2,1-4H3,(H,31,39)(H,32,40)(H,33,37)(H,34,38)/t17-,22+,25-/m0/s1. The molecule has 0 radical (unpaired) electrons. The molecule has 0 aliphatic carbocycles. The van der Waals surface area contributed by atoms with E-state index in [0.29, 0.717) is 17.3 Å². The summed E-state index contributed by atoms with van der Waals surface area (Å²) in [4.78, 5) is 56.8. The number of phenolic OH excluding ortho intramolecular Hbond substituents is 1. The number of aromatic nitrogens is 2. The molecule has 0 saturated carbocycles. The van der Waals surface area contributed by atoms with E-state index in [9.17, 15) is 24.3 Å². The summed E-state index contributed by atoms with van der Waals surface area (Å²) in [6.07, 6.45) is 3.56. The molecule has 3 heterocycles. The minimum absolute atomic E-state index is 0.0659. The Bertz CT molecular complexity index is 1430. The Morgan fingerprint density at radius 3 is 2.44 bits per heavy atom. The molecule has 0 saturated heterocycles. The van der Waals surface area contributed by atoms with Crippen LogP contribution in [0.4, 0.5) is 0 Å². The number of ether oxygens (including phenoxy) is 1. The molecule has 4 amide bonds. The fraction of sp³-hybridized carbons (Fsp3) is 0.345. The van der Waals surface area contributed by atoms with Crippen LogP contribution in [0.25, 0.3) is 0 Å². The predicted octanol–water partition coefficient (Wildman–Crippen LogP) is 1.53. The second-order valence-electron chi connectivity index (χ2n) is 10.3. The SMILES string of the molecule is CC(C)[C@@H]1NC(=O)c2cc(ccc2O)Oc2ccc(cc2)C[C@H](C(=O)NCc2nccn2C)NC(=O)[C@H](C)NC1=O. The molecular formula is C29H34N6O6. The first kappa shape index (κ1) is 29.1. The van der Waals surface area contributed by atoms with E-state index in [1.165, 1.54) is 25.1 Å². The molecule has 3 atom stereocenters. The lowest BCUT2D eigenvalue weighted by molar-refractivity contribution is -0.132. The van der Waals surface area contributed by atoms with Gasteiger partial charge in [0.15, 0.2) is 0 Å². The zero-order chi connectivity index (χ0) is 29.7. The highest BCUT2D eigenvalue weighted by Gasteiger charge is 2.30. The summed E-state index contributed by atoms with van der Waals surface area (Å²) in [5.74, 6) is -1.47. The Kier molecular flexibility index (Phi) is 8.91. The van der Waals surface area contributed by atoms with Crippen LogP contribution in [-0.2, 0) is 34.4 Å². The monoisotopic (exact) mass is 562 g/mol. The number of benzene rings is 2. The van der Waals surface area contributed by atoms with E-state index in [1.807, 2.05) is 7.05 Å². The summed E-state index contributed by atoms with van der Waals surface area (Å²) in [6, 6.07) is 8.18. The first-order valence-corrected chi connectivity index (χ1v) is 13.3. The number of nitrogens with zero attached hydrogens (tertiary/aromatic N) is 2. The van der Waals surface area contributed by atoms with Gasteiger partial charge < -0.3 is 35.7 Å². The number of phenols is 1. The number of aromatic hydroxyl groups is 1. The molecule has 5 rings (SSSR count). The lowest BCUT2D eigenvalue weighted by Gasteiger charge is -2.25. The number of fused-ring (bicyclic) bond motifs is 11. The zero-order valence-electron chi connectivity index (χ0n) is 23.3. The van der Waals surface area contributed by atoms with Crippen molar-refractivity contribution in [2.75, 3.05) is 0 Å². The molecule has 12 nitrogen and oxygen atoms in total. The molecule has 0 spiro atoms. The van der Waals surface area contributed by atoms with Crippen LogP contribution in [-0.4, -0.2) is 56.4 Å². The molecular weight excluding hydrogens is 528 g/mol. The molecule has 2 aromatic carbocycles. The molecule has 1 aromatic heterocycles. The van der Waals surface area contributed by atoms with Crippen molar-refractivity contribution in [1.29, 1.82) is 0 Å². The Balaban J connectivity index is 1.64. The Hall–Kier alpha value is -4.87. The summed E-state index contributed by atoms with van der Waals surface area (Å²) in [6.45, 7) is 5.14. The van der Waals surface area contributed by atoms with Crippen LogP contribution in [0.3, 0.4) is 0 Å². The van der Waals surface area contributed by atoms with E-state index in [-0.39, 0.29) is 30.2 Å². The number of imidazole rings is 1. The highest BCUT2D eigenvalue weighted by atomic mass is 16.5. The molecule has 3 aromatic rings. The minimum atomic E-state index is -1.02. The number of nitrogens with one attached hydrogen (secondary N) is 4. The van der Waals surface area contributed by atoms with Gasteiger partial charge in [0.2, 0.25) is 17.7 Å². The average molecular weight is 563 g/mol. The molecule has 0 fully saturated rings. The normalized spacial score (nSPS) is 19.8. The molecule has 5 N–H and O–H groups in total. The third-order valence-electron chi connectivity index (χ3n) is 6.77. The first-order chi connectivity index (χ1) is 19.5. The van der Waals surface area contributed by atoms with Crippen LogP contribution < -0.4 is 26.0 Å². The molecule has 12 heteroatoms. The zero-order valence-corrected chi connectivity index (χ0v) is 23.3. The van der Waals surface area contributed by atoms with Crippen LogP contribution >= 0.6 is 0 Å². The van der Waals surface area contributed by atoms with Gasteiger partial charge in [-0.25, -0.2) is 4.98 Å². The molecule has 41 heavy (non-hydrogen) atoms. The predicted molar refractivity (Wildman–Crippen MR) is 149 cm³/mol. The van der Waals surface area contributed by atoms with Gasteiger partial charge in [-0.15, -0.1) is 0 Å². The Labute approximate surface area is 237 Å². The quantitative estimate of drug-likeness (QED) is 0.301. The van der Waals surface area contributed by atoms with Crippen LogP contribution in [0, 0.1) is 5.92 Å². The highest BCUT2D eigenvalue weighted by Crippen LogP contribution is 2.28.